The van der Waals surface area contributed by atoms with Crippen molar-refractivity contribution in [1.29, 1.82) is 0 Å². The number of benzene rings is 1. The van der Waals surface area contributed by atoms with Crippen molar-refractivity contribution >= 4 is 5.91 Å². The Bertz CT molecular complexity index is 550. The second-order valence-corrected chi connectivity index (χ2v) is 3.75. The van der Waals surface area contributed by atoms with Crippen molar-refractivity contribution in [3.8, 4) is 17.0 Å². The maximum Gasteiger partial charge on any atom is 0.248 e. The van der Waals surface area contributed by atoms with Crippen LogP contribution >= 0.6 is 0 Å². The van der Waals surface area contributed by atoms with E-state index < -0.39 is 5.91 Å². The minimum Gasteiger partial charge on any atom is -0.494 e. The van der Waals surface area contributed by atoms with E-state index in [0.29, 0.717) is 12.2 Å². The summed E-state index contributed by atoms with van der Waals surface area (Å²) in [5.74, 6) is 0.346. The van der Waals surface area contributed by atoms with E-state index in [0.717, 1.165) is 17.0 Å². The van der Waals surface area contributed by atoms with E-state index in [1.54, 1.807) is 18.3 Å². The summed E-state index contributed by atoms with van der Waals surface area (Å²) in [6.45, 7) is 2.55. The average Bonchev–Trinajstić information content (AvgIpc) is 2.39. The lowest BCUT2D eigenvalue weighted by Gasteiger charge is -2.05. The van der Waals surface area contributed by atoms with Crippen LogP contribution < -0.4 is 10.5 Å². The summed E-state index contributed by atoms with van der Waals surface area (Å²) in [5, 5.41) is 0. The summed E-state index contributed by atoms with van der Waals surface area (Å²) in [7, 11) is 0. The number of aromatic nitrogens is 1. The van der Waals surface area contributed by atoms with E-state index in [1.807, 2.05) is 31.2 Å². The molecule has 4 nitrogen and oxygen atoms in total. The highest BCUT2D eigenvalue weighted by Crippen LogP contribution is 2.21. The number of ether oxygens (including phenoxy) is 1. The SMILES string of the molecule is CCOc1ccnc(-c2ccc(C(N)=O)cc2)c1. The molecule has 2 N–H and O–H groups in total. The van der Waals surface area contributed by atoms with E-state index in [1.165, 1.54) is 0 Å². The molecule has 0 radical (unpaired) electrons. The molecule has 0 saturated heterocycles. The molecule has 2 rings (SSSR count). The number of primary amides is 1. The predicted molar refractivity (Wildman–Crippen MR) is 69.4 cm³/mol. The molecule has 1 aromatic carbocycles. The summed E-state index contributed by atoms with van der Waals surface area (Å²) in [6.07, 6.45) is 1.70. The Hall–Kier alpha value is -2.36. The first-order valence-corrected chi connectivity index (χ1v) is 5.70. The molecule has 0 bridgehead atoms. The smallest absolute Gasteiger partial charge is 0.248 e. The molecule has 0 aliphatic carbocycles. The Kier molecular flexibility index (Phi) is 3.57. The lowest BCUT2D eigenvalue weighted by Crippen LogP contribution is -2.10. The van der Waals surface area contributed by atoms with Crippen LogP contribution in [0, 0.1) is 0 Å². The molecule has 4 heteroatoms. The first-order valence-electron chi connectivity index (χ1n) is 5.70. The number of carbonyl (C=O) groups is 1. The van der Waals surface area contributed by atoms with Gasteiger partial charge in [0.15, 0.2) is 0 Å². The van der Waals surface area contributed by atoms with Crippen LogP contribution in [0.1, 0.15) is 17.3 Å². The Labute approximate surface area is 105 Å². The highest BCUT2D eigenvalue weighted by Gasteiger charge is 2.03. The molecule has 0 fully saturated rings. The number of hydrogen-bond donors (Lipinski definition) is 1. The van der Waals surface area contributed by atoms with Gasteiger partial charge in [-0.2, -0.15) is 0 Å². The molecular weight excluding hydrogens is 228 g/mol. The maximum absolute atomic E-state index is 11.0. The molecule has 92 valence electrons. The zero-order chi connectivity index (χ0) is 13.0. The van der Waals surface area contributed by atoms with Gasteiger partial charge in [-0.1, -0.05) is 12.1 Å². The first-order chi connectivity index (χ1) is 8.70. The fourth-order valence-electron chi connectivity index (χ4n) is 1.63. The van der Waals surface area contributed by atoms with Gasteiger partial charge in [0, 0.05) is 23.4 Å². The van der Waals surface area contributed by atoms with E-state index >= 15 is 0 Å². The van der Waals surface area contributed by atoms with Crippen LogP contribution in [0.3, 0.4) is 0 Å². The highest BCUT2D eigenvalue weighted by atomic mass is 16.5. The normalized spacial score (nSPS) is 10.1. The van der Waals surface area contributed by atoms with Gasteiger partial charge in [-0.3, -0.25) is 9.78 Å². The second kappa shape index (κ2) is 5.31. The molecule has 0 aliphatic heterocycles. The van der Waals surface area contributed by atoms with Gasteiger partial charge in [-0.05, 0) is 25.1 Å². The summed E-state index contributed by atoms with van der Waals surface area (Å²) in [4.78, 5) is 15.2. The summed E-state index contributed by atoms with van der Waals surface area (Å²) >= 11 is 0. The highest BCUT2D eigenvalue weighted by molar-refractivity contribution is 5.93. The van der Waals surface area contributed by atoms with Gasteiger partial charge >= 0.3 is 0 Å². The maximum atomic E-state index is 11.0. The minimum atomic E-state index is -0.433. The fourth-order valence-corrected chi connectivity index (χ4v) is 1.63. The zero-order valence-electron chi connectivity index (χ0n) is 10.1. The number of amides is 1. The number of nitrogens with two attached hydrogens (primary N) is 1. The fraction of sp³-hybridized carbons (Fsp3) is 0.143. The Balaban J connectivity index is 2.30. The van der Waals surface area contributed by atoms with Crippen molar-refractivity contribution in [1.82, 2.24) is 4.98 Å². The number of hydrogen-bond acceptors (Lipinski definition) is 3. The molecule has 0 aliphatic rings. The lowest BCUT2D eigenvalue weighted by molar-refractivity contribution is 0.100. The van der Waals surface area contributed by atoms with Gasteiger partial charge in [0.2, 0.25) is 5.91 Å². The van der Waals surface area contributed by atoms with Gasteiger partial charge in [-0.15, -0.1) is 0 Å². The van der Waals surface area contributed by atoms with E-state index in [9.17, 15) is 4.79 Å². The van der Waals surface area contributed by atoms with Crippen molar-refractivity contribution in [2.45, 2.75) is 6.92 Å². The van der Waals surface area contributed by atoms with Crippen molar-refractivity contribution in [3.05, 3.63) is 48.2 Å². The summed E-state index contributed by atoms with van der Waals surface area (Å²) < 4.78 is 5.42. The third-order valence-electron chi connectivity index (χ3n) is 2.51. The van der Waals surface area contributed by atoms with E-state index in [4.69, 9.17) is 10.5 Å². The molecule has 1 heterocycles. The van der Waals surface area contributed by atoms with Crippen molar-refractivity contribution in [3.63, 3.8) is 0 Å². The molecule has 1 amide bonds. The van der Waals surface area contributed by atoms with Crippen LogP contribution in [0.5, 0.6) is 5.75 Å². The number of pyridine rings is 1. The van der Waals surface area contributed by atoms with Gasteiger partial charge in [0.25, 0.3) is 0 Å². The van der Waals surface area contributed by atoms with Crippen LogP contribution in [0.15, 0.2) is 42.6 Å². The van der Waals surface area contributed by atoms with Gasteiger partial charge in [0.1, 0.15) is 5.75 Å². The van der Waals surface area contributed by atoms with Crippen molar-refractivity contribution in [2.24, 2.45) is 5.73 Å². The standard InChI is InChI=1S/C14H14N2O2/c1-2-18-12-7-8-16-13(9-12)10-3-5-11(6-4-10)14(15)17/h3-9H,2H2,1H3,(H2,15,17). The molecule has 2 aromatic rings. The number of nitrogens with zero attached hydrogens (tertiary/aromatic N) is 1. The molecular formula is C14H14N2O2. The van der Waals surface area contributed by atoms with E-state index in [2.05, 4.69) is 4.98 Å². The molecule has 0 saturated carbocycles. The third kappa shape index (κ3) is 2.66. The number of rotatable bonds is 4. The van der Waals surface area contributed by atoms with Gasteiger partial charge in [0.05, 0.1) is 12.3 Å². The van der Waals surface area contributed by atoms with Crippen LogP contribution in [0.2, 0.25) is 0 Å². The molecule has 1 aromatic heterocycles. The second-order valence-electron chi connectivity index (χ2n) is 3.75. The summed E-state index contributed by atoms with van der Waals surface area (Å²) in [6, 6.07) is 10.7. The third-order valence-corrected chi connectivity index (χ3v) is 2.51. The molecule has 18 heavy (non-hydrogen) atoms. The Morgan fingerprint density at radius 3 is 2.61 bits per heavy atom. The average molecular weight is 242 g/mol. The monoisotopic (exact) mass is 242 g/mol. The molecule has 0 spiro atoms. The zero-order valence-corrected chi connectivity index (χ0v) is 10.1. The molecule has 0 atom stereocenters. The minimum absolute atomic E-state index is 0.433. The van der Waals surface area contributed by atoms with Crippen LogP contribution in [-0.4, -0.2) is 17.5 Å². The molecule has 0 unspecified atom stereocenters. The van der Waals surface area contributed by atoms with E-state index in [-0.39, 0.29) is 0 Å². The quantitative estimate of drug-likeness (QED) is 0.894. The Morgan fingerprint density at radius 1 is 1.28 bits per heavy atom. The topological polar surface area (TPSA) is 65.2 Å². The summed E-state index contributed by atoms with van der Waals surface area (Å²) in [5.41, 5.74) is 7.40. The van der Waals surface area contributed by atoms with Gasteiger partial charge in [-0.25, -0.2) is 0 Å². The van der Waals surface area contributed by atoms with Gasteiger partial charge < -0.3 is 10.5 Å². The predicted octanol–water partition coefficient (Wildman–Crippen LogP) is 2.25. The largest absolute Gasteiger partial charge is 0.494 e. The van der Waals surface area contributed by atoms with Crippen LogP contribution in [-0.2, 0) is 0 Å². The van der Waals surface area contributed by atoms with Crippen molar-refractivity contribution in [2.75, 3.05) is 6.61 Å². The van der Waals surface area contributed by atoms with Crippen molar-refractivity contribution < 1.29 is 9.53 Å². The number of carbonyl (C=O) groups excluding carboxylic acids is 1. The Morgan fingerprint density at radius 2 is 2.00 bits per heavy atom. The first kappa shape index (κ1) is 12.1. The van der Waals surface area contributed by atoms with Crippen LogP contribution in [0.25, 0.3) is 11.3 Å². The lowest BCUT2D eigenvalue weighted by atomic mass is 10.1. The van der Waals surface area contributed by atoms with Crippen LogP contribution in [0.4, 0.5) is 0 Å².